The van der Waals surface area contributed by atoms with Crippen molar-refractivity contribution >= 4 is 33.3 Å². The molecule has 0 amide bonds. The van der Waals surface area contributed by atoms with Gasteiger partial charge in [-0.15, -0.1) is 0 Å². The molecule has 3 heterocycles. The van der Waals surface area contributed by atoms with Gasteiger partial charge >= 0.3 is 0 Å². The topological polar surface area (TPSA) is 84.5 Å². The molecule has 3 saturated carbocycles. The molecule has 30 heavy (non-hydrogen) atoms. The SMILES string of the molecule is Cn1ncc2c3c(ccc21)N[C@]1(c2ccc4[nH]nc(N)c4c2)CC12C1CCC(C1)[C@H]32. The molecule has 6 heteroatoms. The predicted octanol–water partition coefficient (Wildman–Crippen LogP) is 4.26. The van der Waals surface area contributed by atoms with Gasteiger partial charge in [0, 0.05) is 28.9 Å². The van der Waals surface area contributed by atoms with Gasteiger partial charge in [0.1, 0.15) is 0 Å². The van der Waals surface area contributed by atoms with Crippen LogP contribution in [0.3, 0.4) is 0 Å². The van der Waals surface area contributed by atoms with E-state index in [1.165, 1.54) is 53.4 Å². The molecule has 0 saturated heterocycles. The smallest absolute Gasteiger partial charge is 0.153 e. The summed E-state index contributed by atoms with van der Waals surface area (Å²) >= 11 is 0. The number of aromatic amines is 1. The van der Waals surface area contributed by atoms with E-state index in [0.29, 0.717) is 17.2 Å². The molecule has 1 spiro atoms. The number of rotatable bonds is 1. The molecule has 5 atom stereocenters. The van der Waals surface area contributed by atoms with Crippen LogP contribution in [-0.4, -0.2) is 20.0 Å². The predicted molar refractivity (Wildman–Crippen MR) is 117 cm³/mol. The highest BCUT2D eigenvalue weighted by Crippen LogP contribution is 2.85. The second-order valence-electron chi connectivity index (χ2n) is 10.1. The Hall–Kier alpha value is -3.02. The summed E-state index contributed by atoms with van der Waals surface area (Å²) in [5.41, 5.74) is 13.0. The molecule has 4 N–H and O–H groups in total. The Bertz CT molecular complexity index is 1400. The lowest BCUT2D eigenvalue weighted by Crippen LogP contribution is -2.39. The van der Waals surface area contributed by atoms with Gasteiger partial charge in [0.05, 0.1) is 22.8 Å². The molecule has 3 fully saturated rings. The minimum absolute atomic E-state index is 0.0122. The van der Waals surface area contributed by atoms with E-state index in [1.807, 2.05) is 11.7 Å². The monoisotopic (exact) mass is 396 g/mol. The molecule has 8 rings (SSSR count). The highest BCUT2D eigenvalue weighted by atomic mass is 15.2. The van der Waals surface area contributed by atoms with Crippen molar-refractivity contribution in [1.82, 2.24) is 20.0 Å². The number of H-pyrrole nitrogens is 1. The third kappa shape index (κ3) is 1.50. The summed E-state index contributed by atoms with van der Waals surface area (Å²) in [5, 5.41) is 18.3. The minimum Gasteiger partial charge on any atom is -0.382 e. The zero-order valence-corrected chi connectivity index (χ0v) is 16.9. The zero-order valence-electron chi connectivity index (χ0n) is 16.9. The summed E-state index contributed by atoms with van der Waals surface area (Å²) in [6, 6.07) is 11.2. The summed E-state index contributed by atoms with van der Waals surface area (Å²) in [5.74, 6) is 2.82. The highest BCUT2D eigenvalue weighted by Gasteiger charge is 2.81. The molecule has 3 unspecified atom stereocenters. The van der Waals surface area contributed by atoms with Gasteiger partial charge in [-0.05, 0) is 78.8 Å². The van der Waals surface area contributed by atoms with Gasteiger partial charge in [0.15, 0.2) is 5.82 Å². The Labute approximate surface area is 173 Å². The molecule has 2 bridgehead atoms. The van der Waals surface area contributed by atoms with Crippen molar-refractivity contribution in [3.05, 3.63) is 47.7 Å². The molecule has 2 aromatic carbocycles. The van der Waals surface area contributed by atoms with Crippen LogP contribution >= 0.6 is 0 Å². The van der Waals surface area contributed by atoms with Crippen molar-refractivity contribution in [2.45, 2.75) is 37.1 Å². The van der Waals surface area contributed by atoms with E-state index in [-0.39, 0.29) is 5.54 Å². The molecular weight excluding hydrogens is 372 g/mol. The van der Waals surface area contributed by atoms with Crippen LogP contribution in [0.25, 0.3) is 21.8 Å². The van der Waals surface area contributed by atoms with Crippen LogP contribution in [0.2, 0.25) is 0 Å². The molecule has 150 valence electrons. The average Bonchev–Trinajstić information content (AvgIpc) is 3.23. The first-order valence-electron chi connectivity index (χ1n) is 11.1. The fraction of sp³-hybridized carbons (Fsp3) is 0.417. The van der Waals surface area contributed by atoms with Gasteiger partial charge in [-0.3, -0.25) is 9.78 Å². The molecule has 6 nitrogen and oxygen atoms in total. The normalized spacial score (nSPS) is 35.3. The number of nitrogens with one attached hydrogen (secondary N) is 2. The number of aromatic nitrogens is 4. The van der Waals surface area contributed by atoms with Gasteiger partial charge in [0.2, 0.25) is 0 Å². The Kier molecular flexibility index (Phi) is 2.45. The molecular formula is C24H24N6. The molecule has 4 aromatic rings. The molecule has 2 aromatic heterocycles. The van der Waals surface area contributed by atoms with E-state index >= 15 is 0 Å². The number of anilines is 2. The summed E-state index contributed by atoms with van der Waals surface area (Å²) in [6.07, 6.45) is 7.42. The molecule has 1 aliphatic heterocycles. The third-order valence-corrected chi connectivity index (χ3v) is 9.17. The first-order valence-corrected chi connectivity index (χ1v) is 11.1. The van der Waals surface area contributed by atoms with E-state index in [1.54, 1.807) is 0 Å². The van der Waals surface area contributed by atoms with Gasteiger partial charge < -0.3 is 11.1 Å². The standard InChI is InChI=1S/C24H24N6/c1-30-19-7-6-18-20(16(19)10-26-30)21-12-2-3-13(8-12)23(21)11-24(23,27-18)14-4-5-17-15(9-14)22(25)29-28-17/h4-7,9-10,12-13,21,27H,2-3,8,11H2,1H3,(H3,25,28,29)/t12?,13?,21-,23?,24+/m1/s1. The first-order chi connectivity index (χ1) is 14.6. The number of hydrogen-bond donors (Lipinski definition) is 3. The summed E-state index contributed by atoms with van der Waals surface area (Å²) in [7, 11) is 2.05. The third-order valence-electron chi connectivity index (χ3n) is 9.17. The van der Waals surface area contributed by atoms with Crippen molar-refractivity contribution in [2.75, 3.05) is 11.1 Å². The lowest BCUT2D eigenvalue weighted by Gasteiger charge is -2.43. The van der Waals surface area contributed by atoms with E-state index in [0.717, 1.165) is 22.7 Å². The van der Waals surface area contributed by atoms with Gasteiger partial charge in [-0.2, -0.15) is 10.2 Å². The maximum absolute atomic E-state index is 6.17. The zero-order chi connectivity index (χ0) is 19.8. The first kappa shape index (κ1) is 15.8. The lowest BCUT2D eigenvalue weighted by molar-refractivity contribution is 0.226. The largest absolute Gasteiger partial charge is 0.382 e. The Morgan fingerprint density at radius 3 is 3.03 bits per heavy atom. The van der Waals surface area contributed by atoms with Crippen LogP contribution in [0.4, 0.5) is 11.5 Å². The van der Waals surface area contributed by atoms with E-state index in [4.69, 9.17) is 5.73 Å². The fourth-order valence-corrected chi connectivity index (χ4v) is 8.04. The Balaban J connectivity index is 1.40. The summed E-state index contributed by atoms with van der Waals surface area (Å²) in [4.78, 5) is 0. The van der Waals surface area contributed by atoms with E-state index in [9.17, 15) is 0 Å². The number of benzene rings is 2. The molecule has 0 radical (unpaired) electrons. The average molecular weight is 396 g/mol. The van der Waals surface area contributed by atoms with Crippen molar-refractivity contribution in [3.8, 4) is 0 Å². The summed E-state index contributed by atoms with van der Waals surface area (Å²) in [6.45, 7) is 0. The number of nitrogens with zero attached hydrogens (tertiary/aromatic N) is 3. The van der Waals surface area contributed by atoms with E-state index in [2.05, 4.69) is 57.1 Å². The Morgan fingerprint density at radius 2 is 2.10 bits per heavy atom. The van der Waals surface area contributed by atoms with Crippen molar-refractivity contribution in [2.24, 2.45) is 24.3 Å². The maximum atomic E-state index is 6.17. The van der Waals surface area contributed by atoms with Crippen LogP contribution in [0.1, 0.15) is 42.7 Å². The highest BCUT2D eigenvalue weighted by molar-refractivity contribution is 5.92. The Morgan fingerprint density at radius 1 is 1.17 bits per heavy atom. The van der Waals surface area contributed by atoms with Gasteiger partial charge in [-0.1, -0.05) is 6.07 Å². The number of nitrogens with two attached hydrogens (primary N) is 1. The van der Waals surface area contributed by atoms with Crippen molar-refractivity contribution < 1.29 is 0 Å². The maximum Gasteiger partial charge on any atom is 0.153 e. The molecule has 4 aliphatic rings. The van der Waals surface area contributed by atoms with Crippen molar-refractivity contribution in [3.63, 3.8) is 0 Å². The number of aryl methyl sites for hydroxylation is 1. The van der Waals surface area contributed by atoms with Gasteiger partial charge in [0.25, 0.3) is 0 Å². The number of hydrogen-bond acceptors (Lipinski definition) is 4. The second-order valence-corrected chi connectivity index (χ2v) is 10.1. The number of nitrogen functional groups attached to an aromatic ring is 1. The van der Waals surface area contributed by atoms with Gasteiger partial charge in [-0.25, -0.2) is 0 Å². The van der Waals surface area contributed by atoms with Crippen molar-refractivity contribution in [1.29, 1.82) is 0 Å². The van der Waals surface area contributed by atoms with Crippen LogP contribution in [-0.2, 0) is 12.6 Å². The minimum atomic E-state index is 0.0122. The fourth-order valence-electron chi connectivity index (χ4n) is 8.04. The lowest BCUT2D eigenvalue weighted by atomic mass is 9.66. The van der Waals surface area contributed by atoms with Crippen LogP contribution in [0, 0.1) is 17.3 Å². The quantitative estimate of drug-likeness (QED) is 0.449. The molecule has 3 aliphatic carbocycles. The second kappa shape index (κ2) is 4.66. The van der Waals surface area contributed by atoms with Crippen LogP contribution in [0.15, 0.2) is 36.5 Å². The van der Waals surface area contributed by atoms with Crippen LogP contribution in [0.5, 0.6) is 0 Å². The summed E-state index contributed by atoms with van der Waals surface area (Å²) < 4.78 is 2.01. The number of fused-ring (bicyclic) bond motifs is 8. The van der Waals surface area contributed by atoms with Crippen LogP contribution < -0.4 is 11.1 Å². The van der Waals surface area contributed by atoms with E-state index < -0.39 is 0 Å².